The molecule has 0 unspecified atom stereocenters. The molecule has 0 aromatic heterocycles. The highest BCUT2D eigenvalue weighted by Gasteiger charge is 2.19. The van der Waals surface area contributed by atoms with Gasteiger partial charge in [-0.2, -0.15) is 0 Å². The molecule has 0 aliphatic rings. The molecule has 0 bridgehead atoms. The topological polar surface area (TPSA) is 124 Å². The number of benzene rings is 1. The van der Waals surface area contributed by atoms with Gasteiger partial charge in [0.1, 0.15) is 6.29 Å². The van der Waals surface area contributed by atoms with Crippen molar-refractivity contribution in [2.75, 3.05) is 0 Å². The van der Waals surface area contributed by atoms with Gasteiger partial charge >= 0.3 is 17.9 Å². The van der Waals surface area contributed by atoms with E-state index in [-0.39, 0.29) is 5.56 Å². The van der Waals surface area contributed by atoms with Gasteiger partial charge < -0.3 is 15.6 Å². The quantitative estimate of drug-likeness (QED) is 0.352. The molecular formula is C13H15NO6. The summed E-state index contributed by atoms with van der Waals surface area (Å²) in [6.07, 6.45) is 0.581. The summed E-state index contributed by atoms with van der Waals surface area (Å²) in [6, 6.07) is 5.52. The van der Waals surface area contributed by atoms with Gasteiger partial charge in [-0.05, 0) is 18.2 Å². The van der Waals surface area contributed by atoms with Gasteiger partial charge in [-0.1, -0.05) is 26.0 Å². The molecule has 3 N–H and O–H groups in total. The molecule has 0 saturated carbocycles. The van der Waals surface area contributed by atoms with E-state index in [1.54, 1.807) is 0 Å². The highest BCUT2D eigenvalue weighted by atomic mass is 16.6. The van der Waals surface area contributed by atoms with Crippen LogP contribution in [-0.4, -0.2) is 35.3 Å². The van der Waals surface area contributed by atoms with Crippen molar-refractivity contribution < 1.29 is 29.0 Å². The Labute approximate surface area is 115 Å². The fourth-order valence-corrected chi connectivity index (χ4v) is 0.885. The number of hydrogen-bond donors (Lipinski definition) is 2. The molecule has 0 aliphatic heterocycles. The third-order valence-corrected chi connectivity index (χ3v) is 1.64. The molecule has 0 heterocycles. The first kappa shape index (κ1) is 17.5. The second-order valence-electron chi connectivity index (χ2n) is 3.97. The normalized spacial score (nSPS) is 9.20. The van der Waals surface area contributed by atoms with Crippen molar-refractivity contribution in [3.63, 3.8) is 0 Å². The Morgan fingerprint density at radius 3 is 2.00 bits per heavy atom. The minimum Gasteiger partial charge on any atom is -0.473 e. The van der Waals surface area contributed by atoms with Crippen molar-refractivity contribution in [3.8, 4) is 0 Å². The fourth-order valence-electron chi connectivity index (χ4n) is 0.885. The Hall–Kier alpha value is -2.54. The van der Waals surface area contributed by atoms with Gasteiger partial charge in [-0.3, -0.25) is 4.79 Å². The molecule has 0 saturated heterocycles. The van der Waals surface area contributed by atoms with Crippen LogP contribution in [-0.2, 0) is 14.3 Å². The van der Waals surface area contributed by atoms with Crippen LogP contribution >= 0.6 is 0 Å². The number of carbonyl (C=O) groups is 4. The lowest BCUT2D eigenvalue weighted by molar-refractivity contribution is -0.160. The zero-order valence-electron chi connectivity index (χ0n) is 11.0. The van der Waals surface area contributed by atoms with Crippen molar-refractivity contribution in [2.24, 2.45) is 5.73 Å². The van der Waals surface area contributed by atoms with Crippen molar-refractivity contribution in [2.45, 2.75) is 19.9 Å². The number of aldehydes is 1. The van der Waals surface area contributed by atoms with E-state index in [0.29, 0.717) is 17.9 Å². The smallest absolute Gasteiger partial charge is 0.425 e. The van der Waals surface area contributed by atoms with Crippen LogP contribution in [0.15, 0.2) is 24.3 Å². The Bertz CT molecular complexity index is 489. The Kier molecular flexibility index (Phi) is 7.46. The molecular weight excluding hydrogens is 266 g/mol. The summed E-state index contributed by atoms with van der Waals surface area (Å²) >= 11 is 0. The van der Waals surface area contributed by atoms with Crippen LogP contribution in [0.5, 0.6) is 0 Å². The fraction of sp³-hybridized carbons (Fsp3) is 0.231. The minimum atomic E-state index is -1.85. The van der Waals surface area contributed by atoms with Crippen molar-refractivity contribution in [1.29, 1.82) is 0 Å². The number of carbonyl (C=O) groups excluding carboxylic acids is 3. The average molecular weight is 281 g/mol. The Morgan fingerprint density at radius 2 is 1.65 bits per heavy atom. The molecule has 0 radical (unpaired) electrons. The van der Waals surface area contributed by atoms with E-state index in [4.69, 9.17) is 10.8 Å². The highest BCUT2D eigenvalue weighted by Crippen LogP contribution is 2.04. The SMILES string of the molecule is CC(C)N.O=Cc1ccc(C(=O)OC(=O)C(=O)O)cc1. The maximum absolute atomic E-state index is 11.2. The average Bonchev–Trinajstić information content (AvgIpc) is 2.38. The molecule has 20 heavy (non-hydrogen) atoms. The largest absolute Gasteiger partial charge is 0.473 e. The summed E-state index contributed by atoms with van der Waals surface area (Å²) in [4.78, 5) is 42.1. The van der Waals surface area contributed by atoms with Crippen molar-refractivity contribution >= 4 is 24.2 Å². The second kappa shape index (κ2) is 8.54. The van der Waals surface area contributed by atoms with Gasteiger partial charge in [0.15, 0.2) is 0 Å². The van der Waals surface area contributed by atoms with Crippen LogP contribution in [0, 0.1) is 0 Å². The Morgan fingerprint density at radius 1 is 1.20 bits per heavy atom. The lowest BCUT2D eigenvalue weighted by Crippen LogP contribution is -2.20. The van der Waals surface area contributed by atoms with E-state index < -0.39 is 17.9 Å². The summed E-state index contributed by atoms with van der Waals surface area (Å²) < 4.78 is 4.01. The molecule has 0 amide bonds. The van der Waals surface area contributed by atoms with Gasteiger partial charge in [0.05, 0.1) is 5.56 Å². The number of rotatable bonds is 2. The van der Waals surface area contributed by atoms with Gasteiger partial charge in [-0.15, -0.1) is 0 Å². The number of aliphatic carboxylic acids is 1. The summed E-state index contributed by atoms with van der Waals surface area (Å²) in [5.74, 6) is -4.58. The standard InChI is InChI=1S/C10H6O6.C3H9N/c11-5-6-1-3-7(4-2-6)9(14)16-10(15)8(12)13;1-3(2)4/h1-5H,(H,12,13);3H,4H2,1-2H3. The molecule has 0 atom stereocenters. The lowest BCUT2D eigenvalue weighted by Gasteiger charge is -1.99. The molecule has 1 aromatic carbocycles. The number of esters is 2. The van der Waals surface area contributed by atoms with Crippen LogP contribution in [0.2, 0.25) is 0 Å². The molecule has 1 aromatic rings. The van der Waals surface area contributed by atoms with Crippen molar-refractivity contribution in [3.05, 3.63) is 35.4 Å². The zero-order valence-corrected chi connectivity index (χ0v) is 11.0. The van der Waals surface area contributed by atoms with Gasteiger partial charge in [0, 0.05) is 5.56 Å². The van der Waals surface area contributed by atoms with Gasteiger partial charge in [0.2, 0.25) is 0 Å². The molecule has 108 valence electrons. The van der Waals surface area contributed by atoms with E-state index in [0.717, 1.165) is 0 Å². The van der Waals surface area contributed by atoms with Crippen LogP contribution in [0.3, 0.4) is 0 Å². The molecule has 0 aliphatic carbocycles. The van der Waals surface area contributed by atoms with Crippen LogP contribution in [0.25, 0.3) is 0 Å². The van der Waals surface area contributed by atoms with Gasteiger partial charge in [0.25, 0.3) is 0 Å². The molecule has 0 spiro atoms. The molecule has 7 nitrogen and oxygen atoms in total. The number of hydrogen-bond acceptors (Lipinski definition) is 6. The number of ether oxygens (including phenoxy) is 1. The molecule has 7 heteroatoms. The lowest BCUT2D eigenvalue weighted by atomic mass is 10.1. The van der Waals surface area contributed by atoms with Crippen molar-refractivity contribution in [1.82, 2.24) is 0 Å². The first-order chi connectivity index (χ1) is 9.27. The maximum Gasteiger partial charge on any atom is 0.425 e. The van der Waals surface area contributed by atoms with Crippen LogP contribution < -0.4 is 5.73 Å². The monoisotopic (exact) mass is 281 g/mol. The second-order valence-corrected chi connectivity index (χ2v) is 3.97. The molecule has 1 rings (SSSR count). The Balaban J connectivity index is 0.000000796. The third kappa shape index (κ3) is 7.02. The summed E-state index contributed by atoms with van der Waals surface area (Å²) in [5.41, 5.74) is 5.45. The first-order valence-corrected chi connectivity index (χ1v) is 5.58. The highest BCUT2D eigenvalue weighted by molar-refractivity contribution is 6.31. The number of carboxylic acid groups (broad SMARTS) is 1. The predicted octanol–water partition coefficient (Wildman–Crippen LogP) is 0.621. The van der Waals surface area contributed by atoms with E-state index in [1.165, 1.54) is 24.3 Å². The minimum absolute atomic E-state index is 0.0137. The predicted molar refractivity (Wildman–Crippen MR) is 69.2 cm³/mol. The summed E-state index contributed by atoms with van der Waals surface area (Å²) in [5, 5.41) is 8.19. The summed E-state index contributed by atoms with van der Waals surface area (Å²) in [6.45, 7) is 3.89. The number of carboxylic acids is 1. The van der Waals surface area contributed by atoms with E-state index in [1.807, 2.05) is 13.8 Å². The molecule has 0 fully saturated rings. The van der Waals surface area contributed by atoms with E-state index in [9.17, 15) is 19.2 Å². The van der Waals surface area contributed by atoms with Crippen LogP contribution in [0.4, 0.5) is 0 Å². The maximum atomic E-state index is 11.2. The van der Waals surface area contributed by atoms with E-state index in [2.05, 4.69) is 4.74 Å². The third-order valence-electron chi connectivity index (χ3n) is 1.64. The van der Waals surface area contributed by atoms with Gasteiger partial charge in [-0.25, -0.2) is 14.4 Å². The zero-order chi connectivity index (χ0) is 15.7. The number of nitrogens with two attached hydrogens (primary N) is 1. The first-order valence-electron chi connectivity index (χ1n) is 5.58. The van der Waals surface area contributed by atoms with E-state index >= 15 is 0 Å². The summed E-state index contributed by atoms with van der Waals surface area (Å²) in [7, 11) is 0. The van der Waals surface area contributed by atoms with Crippen LogP contribution in [0.1, 0.15) is 34.6 Å².